The van der Waals surface area contributed by atoms with E-state index in [2.05, 4.69) is 17.1 Å². The molecule has 3 aromatic rings. The summed E-state index contributed by atoms with van der Waals surface area (Å²) in [4.78, 5) is 24.1. The van der Waals surface area contributed by atoms with Crippen LogP contribution < -0.4 is 14.9 Å². The molecule has 0 saturated heterocycles. The molecular weight excluding hydrogens is 404 g/mol. The van der Waals surface area contributed by atoms with Gasteiger partial charge >= 0.3 is 5.97 Å². The van der Waals surface area contributed by atoms with Crippen LogP contribution in [0.4, 0.5) is 0 Å². The van der Waals surface area contributed by atoms with E-state index in [0.29, 0.717) is 23.7 Å². The van der Waals surface area contributed by atoms with Crippen molar-refractivity contribution in [2.45, 2.75) is 0 Å². The Morgan fingerprint density at radius 1 is 0.875 bits per heavy atom. The molecule has 3 aromatic carbocycles. The smallest absolute Gasteiger partial charge is 0.336 e. The van der Waals surface area contributed by atoms with E-state index in [-0.39, 0.29) is 5.91 Å². The molecule has 0 fully saturated rings. The van der Waals surface area contributed by atoms with Crippen LogP contribution in [0.25, 0.3) is 6.08 Å². The molecule has 6 heteroatoms. The minimum atomic E-state index is -0.469. The first-order chi connectivity index (χ1) is 15.6. The topological polar surface area (TPSA) is 77.0 Å². The van der Waals surface area contributed by atoms with Gasteiger partial charge in [-0.15, -0.1) is 0 Å². The van der Waals surface area contributed by atoms with Gasteiger partial charge in [0.05, 0.1) is 6.21 Å². The van der Waals surface area contributed by atoms with Gasteiger partial charge in [-0.05, 0) is 65.7 Å². The number of hydrogen-bond donors (Lipinski definition) is 1. The van der Waals surface area contributed by atoms with E-state index >= 15 is 0 Å². The van der Waals surface area contributed by atoms with Crippen LogP contribution in [0, 0.1) is 0 Å². The van der Waals surface area contributed by atoms with Crippen molar-refractivity contribution in [3.63, 3.8) is 0 Å². The molecule has 0 spiro atoms. The number of amides is 1. The van der Waals surface area contributed by atoms with Crippen molar-refractivity contribution >= 4 is 24.2 Å². The number of nitrogens with zero attached hydrogens (tertiary/aromatic N) is 1. The van der Waals surface area contributed by atoms with Gasteiger partial charge in [0.2, 0.25) is 0 Å². The maximum absolute atomic E-state index is 12.2. The van der Waals surface area contributed by atoms with Crippen molar-refractivity contribution in [1.82, 2.24) is 5.43 Å². The first kappa shape index (κ1) is 22.2. The lowest BCUT2D eigenvalue weighted by Crippen LogP contribution is -2.17. The third-order valence-electron chi connectivity index (χ3n) is 4.17. The van der Waals surface area contributed by atoms with E-state index in [1.54, 1.807) is 60.7 Å². The average Bonchev–Trinajstić information content (AvgIpc) is 2.83. The Balaban J connectivity index is 1.48. The molecule has 6 nitrogen and oxygen atoms in total. The second-order valence-corrected chi connectivity index (χ2v) is 6.56. The number of rotatable bonds is 9. The molecule has 0 saturated carbocycles. The van der Waals surface area contributed by atoms with Crippen LogP contribution in [0.3, 0.4) is 0 Å². The molecule has 1 amide bonds. The van der Waals surface area contributed by atoms with Gasteiger partial charge in [-0.1, -0.05) is 43.0 Å². The number of esters is 1. The van der Waals surface area contributed by atoms with Gasteiger partial charge in [-0.3, -0.25) is 4.79 Å². The maximum atomic E-state index is 12.2. The molecule has 0 heterocycles. The standard InChI is InChI=1S/C26H22N2O4/c1-2-18-31-23-15-11-22(12-16-23)26(30)28-27-19-21-8-13-24(14-9-21)32-25(29)17-10-20-6-4-3-5-7-20/h2-17,19H,1,18H2,(H,28,30)/b17-10+,27-19-. The molecule has 0 unspecified atom stereocenters. The predicted molar refractivity (Wildman–Crippen MR) is 125 cm³/mol. The van der Waals surface area contributed by atoms with Gasteiger partial charge in [0.1, 0.15) is 18.1 Å². The Labute approximate surface area is 186 Å². The van der Waals surface area contributed by atoms with Gasteiger partial charge in [-0.25, -0.2) is 10.2 Å². The Morgan fingerprint density at radius 2 is 1.56 bits per heavy atom. The third-order valence-corrected chi connectivity index (χ3v) is 4.17. The summed E-state index contributed by atoms with van der Waals surface area (Å²) < 4.78 is 10.7. The van der Waals surface area contributed by atoms with E-state index in [0.717, 1.165) is 11.1 Å². The molecule has 0 radical (unpaired) electrons. The minimum Gasteiger partial charge on any atom is -0.490 e. The highest BCUT2D eigenvalue weighted by Crippen LogP contribution is 2.13. The summed E-state index contributed by atoms with van der Waals surface area (Å²) in [5.74, 6) is 0.254. The Kier molecular flexibility index (Phi) is 8.11. The summed E-state index contributed by atoms with van der Waals surface area (Å²) in [6.45, 7) is 3.99. The lowest BCUT2D eigenvalue weighted by atomic mass is 10.2. The molecule has 160 valence electrons. The highest BCUT2D eigenvalue weighted by molar-refractivity contribution is 5.95. The zero-order chi connectivity index (χ0) is 22.6. The van der Waals surface area contributed by atoms with Crippen molar-refractivity contribution in [2.75, 3.05) is 6.61 Å². The van der Waals surface area contributed by atoms with Crippen LogP contribution in [0.15, 0.2) is 103 Å². The van der Waals surface area contributed by atoms with Gasteiger partial charge in [-0.2, -0.15) is 5.10 Å². The number of carbonyl (C=O) groups excluding carboxylic acids is 2. The molecule has 32 heavy (non-hydrogen) atoms. The van der Waals surface area contributed by atoms with Crippen LogP contribution in [-0.2, 0) is 4.79 Å². The monoisotopic (exact) mass is 426 g/mol. The Bertz CT molecular complexity index is 1100. The molecule has 0 aliphatic rings. The largest absolute Gasteiger partial charge is 0.490 e. The predicted octanol–water partition coefficient (Wildman–Crippen LogP) is 4.63. The fourth-order valence-electron chi connectivity index (χ4n) is 2.59. The SMILES string of the molecule is C=CCOc1ccc(C(=O)N/N=C\c2ccc(OC(=O)/C=C/c3ccccc3)cc2)cc1. The zero-order valence-corrected chi connectivity index (χ0v) is 17.3. The van der Waals surface area contributed by atoms with Gasteiger partial charge in [0, 0.05) is 11.6 Å². The molecule has 1 N–H and O–H groups in total. The number of ether oxygens (including phenoxy) is 2. The highest BCUT2D eigenvalue weighted by Gasteiger charge is 2.04. The number of hydrazone groups is 1. The van der Waals surface area contributed by atoms with E-state index in [4.69, 9.17) is 9.47 Å². The third kappa shape index (κ3) is 7.11. The zero-order valence-electron chi connectivity index (χ0n) is 17.3. The van der Waals surface area contributed by atoms with Gasteiger partial charge in [0.15, 0.2) is 0 Å². The van der Waals surface area contributed by atoms with Crippen molar-refractivity contribution in [2.24, 2.45) is 5.10 Å². The van der Waals surface area contributed by atoms with Crippen molar-refractivity contribution < 1.29 is 19.1 Å². The first-order valence-corrected chi connectivity index (χ1v) is 9.86. The average molecular weight is 426 g/mol. The summed E-state index contributed by atoms with van der Waals surface area (Å²) in [6.07, 6.45) is 6.21. The second kappa shape index (κ2) is 11.7. The fourth-order valence-corrected chi connectivity index (χ4v) is 2.59. The van der Waals surface area contributed by atoms with E-state index in [1.165, 1.54) is 12.3 Å². The molecule has 0 atom stereocenters. The van der Waals surface area contributed by atoms with Crippen molar-refractivity contribution in [1.29, 1.82) is 0 Å². The number of carbonyl (C=O) groups is 2. The summed E-state index contributed by atoms with van der Waals surface area (Å²) in [7, 11) is 0. The Morgan fingerprint density at radius 3 is 2.25 bits per heavy atom. The highest BCUT2D eigenvalue weighted by atomic mass is 16.5. The maximum Gasteiger partial charge on any atom is 0.336 e. The van der Waals surface area contributed by atoms with E-state index < -0.39 is 5.97 Å². The lowest BCUT2D eigenvalue weighted by Gasteiger charge is -2.04. The van der Waals surface area contributed by atoms with E-state index in [9.17, 15) is 9.59 Å². The molecule has 0 aliphatic heterocycles. The normalized spacial score (nSPS) is 10.8. The van der Waals surface area contributed by atoms with Crippen LogP contribution >= 0.6 is 0 Å². The lowest BCUT2D eigenvalue weighted by molar-refractivity contribution is -0.128. The fraction of sp³-hybridized carbons (Fsp3) is 0.0385. The van der Waals surface area contributed by atoms with Crippen LogP contribution in [0.2, 0.25) is 0 Å². The number of nitrogens with one attached hydrogen (secondary N) is 1. The second-order valence-electron chi connectivity index (χ2n) is 6.56. The van der Waals surface area contributed by atoms with Crippen molar-refractivity contribution in [3.8, 4) is 11.5 Å². The van der Waals surface area contributed by atoms with Crippen LogP contribution in [-0.4, -0.2) is 24.7 Å². The van der Waals surface area contributed by atoms with Gasteiger partial charge < -0.3 is 9.47 Å². The summed E-state index contributed by atoms with van der Waals surface area (Å²) in [5, 5.41) is 3.96. The molecule has 0 aromatic heterocycles. The summed E-state index contributed by atoms with van der Waals surface area (Å²) in [6, 6.07) is 23.0. The number of benzene rings is 3. The first-order valence-electron chi connectivity index (χ1n) is 9.86. The molecule has 3 rings (SSSR count). The molecular formula is C26H22N2O4. The van der Waals surface area contributed by atoms with Crippen LogP contribution in [0.5, 0.6) is 11.5 Å². The summed E-state index contributed by atoms with van der Waals surface area (Å²) >= 11 is 0. The van der Waals surface area contributed by atoms with Gasteiger partial charge in [0.25, 0.3) is 5.91 Å². The number of hydrogen-bond acceptors (Lipinski definition) is 5. The molecule has 0 aliphatic carbocycles. The Hall–Kier alpha value is -4.45. The van der Waals surface area contributed by atoms with E-state index in [1.807, 2.05) is 30.3 Å². The minimum absolute atomic E-state index is 0.340. The van der Waals surface area contributed by atoms with Crippen molar-refractivity contribution in [3.05, 3.63) is 114 Å². The summed E-state index contributed by atoms with van der Waals surface area (Å²) in [5.41, 5.74) is 4.57. The van der Waals surface area contributed by atoms with Crippen LogP contribution in [0.1, 0.15) is 21.5 Å². The molecule has 0 bridgehead atoms. The quantitative estimate of drug-likeness (QED) is 0.135.